The number of benzene rings is 1. The molecule has 1 aromatic carbocycles. The summed E-state index contributed by atoms with van der Waals surface area (Å²) in [6.07, 6.45) is 3.97. The topological polar surface area (TPSA) is 37.3 Å². The predicted octanol–water partition coefficient (Wildman–Crippen LogP) is 3.53. The lowest BCUT2D eigenvalue weighted by Gasteiger charge is -2.25. The molecule has 1 atom stereocenters. The third-order valence-electron chi connectivity index (χ3n) is 3.80. The minimum absolute atomic E-state index is 0.0310. The van der Waals surface area contributed by atoms with Gasteiger partial charge in [0.1, 0.15) is 11.9 Å². The Bertz CT molecular complexity index is 455. The third kappa shape index (κ3) is 3.77. The van der Waals surface area contributed by atoms with E-state index in [2.05, 4.69) is 0 Å². The van der Waals surface area contributed by atoms with Crippen LogP contribution in [0.2, 0.25) is 5.02 Å². The van der Waals surface area contributed by atoms with E-state index in [0.29, 0.717) is 5.02 Å². The number of aliphatic hydroxyl groups excluding tert-OH is 1. The monoisotopic (exact) mass is 284 g/mol. The van der Waals surface area contributed by atoms with Crippen LogP contribution >= 0.6 is 11.6 Å². The van der Waals surface area contributed by atoms with Crippen molar-refractivity contribution in [3.05, 3.63) is 34.6 Å². The molecule has 0 bridgehead atoms. The zero-order valence-electron chi connectivity index (χ0n) is 10.7. The molecule has 2 rings (SSSR count). The van der Waals surface area contributed by atoms with E-state index in [1.165, 1.54) is 24.6 Å². The molecule has 4 heteroatoms. The summed E-state index contributed by atoms with van der Waals surface area (Å²) in [4.78, 5) is 12.0. The highest BCUT2D eigenvalue weighted by molar-refractivity contribution is 6.30. The first-order valence-electron chi connectivity index (χ1n) is 6.72. The standard InChI is InChI=1S/C15H18ClFO2/c16-12-6-7-13(17)11(8-12)9-14(18)15(19)10-4-2-1-3-5-10/h6-8,10,15,19H,1-5,9H2. The Morgan fingerprint density at radius 3 is 2.74 bits per heavy atom. The molecule has 0 aromatic heterocycles. The van der Waals surface area contributed by atoms with Crippen LogP contribution in [0.4, 0.5) is 4.39 Å². The first-order chi connectivity index (χ1) is 9.08. The van der Waals surface area contributed by atoms with Gasteiger partial charge in [-0.3, -0.25) is 4.79 Å². The molecule has 0 spiro atoms. The van der Waals surface area contributed by atoms with Crippen LogP contribution in [-0.4, -0.2) is 17.0 Å². The molecule has 1 aliphatic carbocycles. The first-order valence-corrected chi connectivity index (χ1v) is 7.10. The normalized spacial score (nSPS) is 18.3. The molecular formula is C15H18ClFO2. The summed E-state index contributed by atoms with van der Waals surface area (Å²) in [6, 6.07) is 4.14. The number of ketones is 1. The van der Waals surface area contributed by atoms with E-state index >= 15 is 0 Å². The smallest absolute Gasteiger partial charge is 0.166 e. The number of hydrogen-bond acceptors (Lipinski definition) is 2. The van der Waals surface area contributed by atoms with Crippen molar-refractivity contribution in [2.24, 2.45) is 5.92 Å². The molecule has 2 nitrogen and oxygen atoms in total. The highest BCUT2D eigenvalue weighted by atomic mass is 35.5. The number of hydrogen-bond donors (Lipinski definition) is 1. The third-order valence-corrected chi connectivity index (χ3v) is 4.03. The Morgan fingerprint density at radius 2 is 2.05 bits per heavy atom. The van der Waals surface area contributed by atoms with Gasteiger partial charge in [0.2, 0.25) is 0 Å². The predicted molar refractivity (Wildman–Crippen MR) is 72.7 cm³/mol. The minimum Gasteiger partial charge on any atom is -0.385 e. The summed E-state index contributed by atoms with van der Waals surface area (Å²) in [7, 11) is 0. The van der Waals surface area contributed by atoms with E-state index in [1.807, 2.05) is 0 Å². The number of aliphatic hydroxyl groups is 1. The van der Waals surface area contributed by atoms with Gasteiger partial charge in [-0.2, -0.15) is 0 Å². The fraction of sp³-hybridized carbons (Fsp3) is 0.533. The molecule has 19 heavy (non-hydrogen) atoms. The lowest BCUT2D eigenvalue weighted by Crippen LogP contribution is -2.32. The van der Waals surface area contributed by atoms with Crippen molar-refractivity contribution in [3.8, 4) is 0 Å². The number of Topliss-reactive ketones (excluding diaryl/α,β-unsaturated/α-hetero) is 1. The maximum absolute atomic E-state index is 13.5. The van der Waals surface area contributed by atoms with Crippen molar-refractivity contribution >= 4 is 17.4 Å². The summed E-state index contributed by atoms with van der Waals surface area (Å²) in [5.74, 6) is -0.731. The van der Waals surface area contributed by atoms with Crippen LogP contribution in [0.25, 0.3) is 0 Å². The largest absolute Gasteiger partial charge is 0.385 e. The summed E-state index contributed by atoms with van der Waals surface area (Å²) < 4.78 is 13.5. The fourth-order valence-electron chi connectivity index (χ4n) is 2.68. The summed E-state index contributed by atoms with van der Waals surface area (Å²) >= 11 is 5.79. The van der Waals surface area contributed by atoms with Gasteiger partial charge in [-0.05, 0) is 42.5 Å². The van der Waals surface area contributed by atoms with Crippen LogP contribution in [0, 0.1) is 11.7 Å². The van der Waals surface area contributed by atoms with Crippen LogP contribution in [0.3, 0.4) is 0 Å². The van der Waals surface area contributed by atoms with E-state index in [9.17, 15) is 14.3 Å². The summed E-state index contributed by atoms with van der Waals surface area (Å²) in [5, 5.41) is 10.5. The fourth-order valence-corrected chi connectivity index (χ4v) is 2.88. The zero-order valence-corrected chi connectivity index (χ0v) is 11.5. The molecule has 104 valence electrons. The molecule has 0 aliphatic heterocycles. The van der Waals surface area contributed by atoms with Gasteiger partial charge in [-0.15, -0.1) is 0 Å². The lowest BCUT2D eigenvalue weighted by atomic mass is 9.83. The van der Waals surface area contributed by atoms with Gasteiger partial charge in [0, 0.05) is 11.4 Å². The molecule has 1 saturated carbocycles. The van der Waals surface area contributed by atoms with Crippen molar-refractivity contribution in [2.45, 2.75) is 44.6 Å². The average Bonchev–Trinajstić information content (AvgIpc) is 2.43. The average molecular weight is 285 g/mol. The van der Waals surface area contributed by atoms with Crippen LogP contribution < -0.4 is 0 Å². The second-order valence-electron chi connectivity index (χ2n) is 5.22. The van der Waals surface area contributed by atoms with Crippen molar-refractivity contribution < 1.29 is 14.3 Å². The Labute approximate surface area is 117 Å². The Hall–Kier alpha value is -0.930. The van der Waals surface area contributed by atoms with Gasteiger partial charge in [0.05, 0.1) is 0 Å². The molecule has 0 heterocycles. The summed E-state index contributed by atoms with van der Waals surface area (Å²) in [6.45, 7) is 0. The zero-order chi connectivity index (χ0) is 13.8. The van der Waals surface area contributed by atoms with Crippen LogP contribution in [-0.2, 0) is 11.2 Å². The molecule has 1 aliphatic rings. The van der Waals surface area contributed by atoms with Gasteiger partial charge >= 0.3 is 0 Å². The highest BCUT2D eigenvalue weighted by Crippen LogP contribution is 2.27. The second kappa shape index (κ2) is 6.49. The van der Waals surface area contributed by atoms with Gasteiger partial charge < -0.3 is 5.11 Å². The van der Waals surface area contributed by atoms with E-state index in [4.69, 9.17) is 11.6 Å². The highest BCUT2D eigenvalue weighted by Gasteiger charge is 2.27. The van der Waals surface area contributed by atoms with Crippen LogP contribution in [0.5, 0.6) is 0 Å². The van der Waals surface area contributed by atoms with Gasteiger partial charge in [-0.1, -0.05) is 30.9 Å². The molecule has 0 saturated heterocycles. The quantitative estimate of drug-likeness (QED) is 0.918. The van der Waals surface area contributed by atoms with E-state index in [1.54, 1.807) is 0 Å². The molecule has 1 N–H and O–H groups in total. The molecule has 1 aromatic rings. The maximum atomic E-state index is 13.5. The number of halogens is 2. The van der Waals surface area contributed by atoms with Crippen molar-refractivity contribution in [3.63, 3.8) is 0 Å². The summed E-state index contributed by atoms with van der Waals surface area (Å²) in [5.41, 5.74) is 0.257. The Kier molecular flexibility index (Phi) is 4.94. The van der Waals surface area contributed by atoms with Crippen LogP contribution in [0.1, 0.15) is 37.7 Å². The van der Waals surface area contributed by atoms with Gasteiger partial charge in [0.25, 0.3) is 0 Å². The van der Waals surface area contributed by atoms with E-state index in [-0.39, 0.29) is 23.7 Å². The minimum atomic E-state index is -0.973. The van der Waals surface area contributed by atoms with Crippen LogP contribution in [0.15, 0.2) is 18.2 Å². The number of rotatable bonds is 4. The van der Waals surface area contributed by atoms with Crippen molar-refractivity contribution in [1.29, 1.82) is 0 Å². The molecule has 0 radical (unpaired) electrons. The number of carbonyl (C=O) groups excluding carboxylic acids is 1. The first kappa shape index (κ1) is 14.5. The molecule has 1 unspecified atom stereocenters. The molecular weight excluding hydrogens is 267 g/mol. The molecule has 0 amide bonds. The van der Waals surface area contributed by atoms with Crippen molar-refractivity contribution in [2.75, 3.05) is 0 Å². The Morgan fingerprint density at radius 1 is 1.37 bits per heavy atom. The Balaban J connectivity index is 2.01. The maximum Gasteiger partial charge on any atom is 0.166 e. The van der Waals surface area contributed by atoms with Crippen molar-refractivity contribution in [1.82, 2.24) is 0 Å². The SMILES string of the molecule is O=C(Cc1cc(Cl)ccc1F)C(O)C1CCCCC1. The number of carbonyl (C=O) groups is 1. The lowest BCUT2D eigenvalue weighted by molar-refractivity contribution is -0.129. The second-order valence-corrected chi connectivity index (χ2v) is 5.66. The van der Waals surface area contributed by atoms with E-state index < -0.39 is 11.9 Å². The van der Waals surface area contributed by atoms with Gasteiger partial charge in [-0.25, -0.2) is 4.39 Å². The van der Waals surface area contributed by atoms with Gasteiger partial charge in [0.15, 0.2) is 5.78 Å². The molecule has 1 fully saturated rings. The van der Waals surface area contributed by atoms with E-state index in [0.717, 1.165) is 25.7 Å².